The predicted molar refractivity (Wildman–Crippen MR) is 53.3 cm³/mol. The molecule has 0 aliphatic rings. The number of carbonyl (C=O) groups is 1. The van der Waals surface area contributed by atoms with Crippen LogP contribution in [0.15, 0.2) is 30.3 Å². The molecule has 12 heavy (non-hydrogen) atoms. The second-order valence-corrected chi connectivity index (χ2v) is 2.78. The minimum absolute atomic E-state index is 0.282. The van der Waals surface area contributed by atoms with Crippen molar-refractivity contribution in [2.24, 2.45) is 0 Å². The summed E-state index contributed by atoms with van der Waals surface area (Å²) in [5.74, 6) is 0. The van der Waals surface area contributed by atoms with E-state index in [0.717, 1.165) is 12.0 Å². The zero-order valence-electron chi connectivity index (χ0n) is 6.49. The van der Waals surface area contributed by atoms with Gasteiger partial charge < -0.3 is 10.1 Å². The predicted octanol–water partition coefficient (Wildman–Crippen LogP) is 2.01. The van der Waals surface area contributed by atoms with Gasteiger partial charge in [-0.1, -0.05) is 30.4 Å². The fourth-order valence-corrected chi connectivity index (χ4v) is 0.995. The average molecular weight is 179 g/mol. The highest BCUT2D eigenvalue weighted by Gasteiger charge is 1.94. The quantitative estimate of drug-likeness (QED) is 0.568. The molecule has 1 N–H and O–H groups in total. The number of carbonyl (C=O) groups excluding carboxylic acids is 1. The molecule has 0 unspecified atom stereocenters. The molecule has 1 rings (SSSR count). The zero-order valence-corrected chi connectivity index (χ0v) is 7.30. The highest BCUT2D eigenvalue weighted by atomic mass is 32.1. The third kappa shape index (κ3) is 2.80. The molecule has 0 aliphatic carbocycles. The molecule has 1 aromatic rings. The summed E-state index contributed by atoms with van der Waals surface area (Å²) in [7, 11) is 0. The van der Waals surface area contributed by atoms with Crippen molar-refractivity contribution in [2.75, 3.05) is 5.32 Å². The van der Waals surface area contributed by atoms with Gasteiger partial charge >= 0.3 is 0 Å². The summed E-state index contributed by atoms with van der Waals surface area (Å²) >= 11 is 4.89. The van der Waals surface area contributed by atoms with E-state index in [1.165, 1.54) is 0 Å². The van der Waals surface area contributed by atoms with E-state index in [4.69, 9.17) is 12.2 Å². The van der Waals surface area contributed by atoms with Crippen molar-refractivity contribution < 1.29 is 4.79 Å². The summed E-state index contributed by atoms with van der Waals surface area (Å²) in [6.07, 6.45) is 1.07. The Morgan fingerprint density at radius 2 is 2.08 bits per heavy atom. The lowest BCUT2D eigenvalue weighted by molar-refractivity contribution is -0.106. The number of nitrogens with one attached hydrogen (secondary N) is 1. The van der Waals surface area contributed by atoms with Crippen LogP contribution in [-0.4, -0.2) is 11.3 Å². The van der Waals surface area contributed by atoms with E-state index in [2.05, 4.69) is 5.32 Å². The Labute approximate surface area is 76.6 Å². The smallest absolute Gasteiger partial charge is 0.126 e. The number of aldehydes is 1. The van der Waals surface area contributed by atoms with Crippen molar-refractivity contribution in [3.8, 4) is 0 Å². The van der Waals surface area contributed by atoms with Crippen LogP contribution in [0.3, 0.4) is 0 Å². The van der Waals surface area contributed by atoms with E-state index < -0.39 is 0 Å². The SMILES string of the molecule is O=CCC(=S)Nc1ccccc1. The van der Waals surface area contributed by atoms with Gasteiger partial charge in [-0.05, 0) is 12.1 Å². The number of anilines is 1. The van der Waals surface area contributed by atoms with Crippen LogP contribution in [0.25, 0.3) is 0 Å². The van der Waals surface area contributed by atoms with Crippen LogP contribution < -0.4 is 5.32 Å². The monoisotopic (exact) mass is 179 g/mol. The Bertz CT molecular complexity index is 271. The first-order valence-corrected chi connectivity index (χ1v) is 4.02. The lowest BCUT2D eigenvalue weighted by Crippen LogP contribution is -2.08. The van der Waals surface area contributed by atoms with Gasteiger partial charge in [0.1, 0.15) is 6.29 Å². The Kier molecular flexibility index (Phi) is 3.41. The van der Waals surface area contributed by atoms with Crippen molar-refractivity contribution >= 4 is 29.2 Å². The molecule has 0 spiro atoms. The summed E-state index contributed by atoms with van der Waals surface area (Å²) in [5.41, 5.74) is 0.921. The number of thiocarbonyl (C=S) groups is 1. The maximum absolute atomic E-state index is 10.1. The minimum atomic E-state index is 0.282. The van der Waals surface area contributed by atoms with Crippen molar-refractivity contribution in [1.29, 1.82) is 0 Å². The Hall–Kier alpha value is -1.22. The molecule has 0 radical (unpaired) electrons. The van der Waals surface area contributed by atoms with Gasteiger partial charge in [-0.15, -0.1) is 0 Å². The first-order valence-electron chi connectivity index (χ1n) is 3.61. The van der Waals surface area contributed by atoms with Gasteiger partial charge in [-0.25, -0.2) is 0 Å². The van der Waals surface area contributed by atoms with Gasteiger partial charge in [0, 0.05) is 5.69 Å². The molecule has 0 saturated carbocycles. The summed E-state index contributed by atoms with van der Waals surface area (Å²) < 4.78 is 0. The maximum Gasteiger partial charge on any atom is 0.126 e. The molecule has 1 aromatic carbocycles. The van der Waals surface area contributed by atoms with Crippen LogP contribution in [0.2, 0.25) is 0 Å². The van der Waals surface area contributed by atoms with Crippen LogP contribution in [0, 0.1) is 0 Å². The fourth-order valence-electron chi connectivity index (χ4n) is 0.809. The highest BCUT2D eigenvalue weighted by Crippen LogP contribution is 2.05. The van der Waals surface area contributed by atoms with Crippen molar-refractivity contribution in [3.63, 3.8) is 0 Å². The van der Waals surface area contributed by atoms with E-state index in [1.807, 2.05) is 30.3 Å². The molecule has 0 amide bonds. The van der Waals surface area contributed by atoms with E-state index in [0.29, 0.717) is 4.99 Å². The second-order valence-electron chi connectivity index (χ2n) is 2.28. The molecule has 0 aromatic heterocycles. The van der Waals surface area contributed by atoms with Crippen LogP contribution in [0.5, 0.6) is 0 Å². The topological polar surface area (TPSA) is 29.1 Å². The third-order valence-electron chi connectivity index (χ3n) is 1.33. The molecule has 2 nitrogen and oxygen atoms in total. The number of benzene rings is 1. The summed E-state index contributed by atoms with van der Waals surface area (Å²) in [6, 6.07) is 9.54. The molecule has 0 atom stereocenters. The Morgan fingerprint density at radius 3 is 2.67 bits per heavy atom. The third-order valence-corrected chi connectivity index (χ3v) is 1.60. The Morgan fingerprint density at radius 1 is 1.42 bits per heavy atom. The van der Waals surface area contributed by atoms with E-state index >= 15 is 0 Å². The van der Waals surface area contributed by atoms with Gasteiger partial charge in [0.25, 0.3) is 0 Å². The second kappa shape index (κ2) is 4.62. The standard InChI is InChI=1S/C9H9NOS/c11-7-6-9(12)10-8-4-2-1-3-5-8/h1-5,7H,6H2,(H,10,12). The van der Waals surface area contributed by atoms with E-state index in [1.54, 1.807) is 0 Å². The molecule has 0 saturated heterocycles. The molecular weight excluding hydrogens is 170 g/mol. The van der Waals surface area contributed by atoms with Gasteiger partial charge in [-0.3, -0.25) is 0 Å². The first kappa shape index (κ1) is 8.87. The minimum Gasteiger partial charge on any atom is -0.350 e. The van der Waals surface area contributed by atoms with Gasteiger partial charge in [0.15, 0.2) is 0 Å². The van der Waals surface area contributed by atoms with Crippen LogP contribution in [-0.2, 0) is 4.79 Å². The normalized spacial score (nSPS) is 9.00. The zero-order chi connectivity index (χ0) is 8.81. The van der Waals surface area contributed by atoms with Crippen molar-refractivity contribution in [1.82, 2.24) is 0 Å². The summed E-state index contributed by atoms with van der Waals surface area (Å²) in [4.78, 5) is 10.6. The number of para-hydroxylation sites is 1. The van der Waals surface area contributed by atoms with Gasteiger partial charge in [0.05, 0.1) is 11.4 Å². The molecule has 3 heteroatoms. The maximum atomic E-state index is 10.1. The first-order chi connectivity index (χ1) is 5.83. The lowest BCUT2D eigenvalue weighted by Gasteiger charge is -2.03. The molecule has 62 valence electrons. The van der Waals surface area contributed by atoms with Crippen LogP contribution in [0.1, 0.15) is 6.42 Å². The van der Waals surface area contributed by atoms with Crippen molar-refractivity contribution in [3.05, 3.63) is 30.3 Å². The number of rotatable bonds is 3. The molecule has 0 heterocycles. The average Bonchev–Trinajstić information content (AvgIpc) is 2.06. The van der Waals surface area contributed by atoms with Gasteiger partial charge in [0.2, 0.25) is 0 Å². The number of hydrogen-bond donors (Lipinski definition) is 1. The summed E-state index contributed by atoms with van der Waals surface area (Å²) in [6.45, 7) is 0. The fraction of sp³-hybridized carbons (Fsp3) is 0.111. The van der Waals surface area contributed by atoms with E-state index in [9.17, 15) is 4.79 Å². The largest absolute Gasteiger partial charge is 0.350 e. The van der Waals surface area contributed by atoms with Gasteiger partial charge in [-0.2, -0.15) is 0 Å². The van der Waals surface area contributed by atoms with Crippen LogP contribution in [0.4, 0.5) is 5.69 Å². The van der Waals surface area contributed by atoms with Crippen LogP contribution >= 0.6 is 12.2 Å². The Balaban J connectivity index is 2.52. The highest BCUT2D eigenvalue weighted by molar-refractivity contribution is 7.80. The molecule has 0 aliphatic heterocycles. The summed E-state index contributed by atoms with van der Waals surface area (Å²) in [5, 5.41) is 2.94. The molecule has 0 fully saturated rings. The number of hydrogen-bond acceptors (Lipinski definition) is 2. The van der Waals surface area contributed by atoms with E-state index in [-0.39, 0.29) is 6.42 Å². The lowest BCUT2D eigenvalue weighted by atomic mass is 10.3. The van der Waals surface area contributed by atoms with Crippen molar-refractivity contribution in [2.45, 2.75) is 6.42 Å². The molecule has 0 bridgehead atoms. The molecular formula is C9H9NOS.